The van der Waals surface area contributed by atoms with Gasteiger partial charge in [0.15, 0.2) is 0 Å². The first kappa shape index (κ1) is 19.0. The Morgan fingerprint density at radius 3 is 2.74 bits per heavy atom. The van der Waals surface area contributed by atoms with E-state index in [1.165, 1.54) is 12.5 Å². The zero-order valence-electron chi connectivity index (χ0n) is 15.7. The predicted octanol–water partition coefficient (Wildman–Crippen LogP) is 4.20. The van der Waals surface area contributed by atoms with E-state index >= 15 is 0 Å². The van der Waals surface area contributed by atoms with Gasteiger partial charge in [-0.25, -0.2) is 4.79 Å². The largest absolute Gasteiger partial charge is 0.466 e. The number of carbonyl (C=O) groups is 2. The summed E-state index contributed by atoms with van der Waals surface area (Å²) in [5.41, 5.74) is 3.21. The van der Waals surface area contributed by atoms with Crippen molar-refractivity contribution in [1.29, 1.82) is 0 Å². The summed E-state index contributed by atoms with van der Waals surface area (Å²) < 4.78 is 4.96. The van der Waals surface area contributed by atoms with Gasteiger partial charge in [0.2, 0.25) is 0 Å². The smallest absolute Gasteiger partial charge is 0.321 e. The van der Waals surface area contributed by atoms with Crippen LogP contribution in [0.3, 0.4) is 0 Å². The van der Waals surface area contributed by atoms with E-state index in [9.17, 15) is 9.59 Å². The van der Waals surface area contributed by atoms with Gasteiger partial charge in [0, 0.05) is 31.6 Å². The van der Waals surface area contributed by atoms with Gasteiger partial charge in [-0.1, -0.05) is 42.5 Å². The molecule has 3 rings (SSSR count). The molecule has 0 aromatic heterocycles. The fourth-order valence-corrected chi connectivity index (χ4v) is 3.44. The highest BCUT2D eigenvalue weighted by Gasteiger charge is 2.27. The number of nitrogens with one attached hydrogen (secondary N) is 1. The standard InChI is InChI=1S/C22H26N2O3/c1-17(25)27-14-6-8-18-7-5-11-21(15-18)23-22(26)24-13-12-20(16-24)19-9-3-2-4-10-19/h2-5,7,9-11,15,20H,6,8,12-14,16H2,1H3,(H,23,26)/t20-/m1/s1. The van der Waals surface area contributed by atoms with E-state index in [0.717, 1.165) is 43.6 Å². The van der Waals surface area contributed by atoms with Crippen LogP contribution in [0.2, 0.25) is 0 Å². The Morgan fingerprint density at radius 1 is 1.15 bits per heavy atom. The molecular weight excluding hydrogens is 340 g/mol. The zero-order chi connectivity index (χ0) is 19.1. The Labute approximate surface area is 160 Å². The zero-order valence-corrected chi connectivity index (χ0v) is 15.7. The maximum absolute atomic E-state index is 12.6. The monoisotopic (exact) mass is 366 g/mol. The summed E-state index contributed by atoms with van der Waals surface area (Å²) in [6, 6.07) is 18.2. The third-order valence-electron chi connectivity index (χ3n) is 4.84. The van der Waals surface area contributed by atoms with Crippen molar-refractivity contribution in [2.75, 3.05) is 25.0 Å². The Bertz CT molecular complexity index is 776. The van der Waals surface area contributed by atoms with Crippen molar-refractivity contribution in [2.24, 2.45) is 0 Å². The molecule has 142 valence electrons. The molecule has 0 bridgehead atoms. The molecule has 0 saturated carbocycles. The maximum Gasteiger partial charge on any atom is 0.321 e. The van der Waals surface area contributed by atoms with Gasteiger partial charge in [-0.05, 0) is 42.5 Å². The number of esters is 1. The molecule has 0 unspecified atom stereocenters. The van der Waals surface area contributed by atoms with E-state index < -0.39 is 0 Å². The number of rotatable bonds is 6. The summed E-state index contributed by atoms with van der Waals surface area (Å²) in [4.78, 5) is 25.3. The number of benzene rings is 2. The highest BCUT2D eigenvalue weighted by molar-refractivity contribution is 5.89. The van der Waals surface area contributed by atoms with Gasteiger partial charge >= 0.3 is 12.0 Å². The summed E-state index contributed by atoms with van der Waals surface area (Å²) in [5.74, 6) is 0.153. The highest BCUT2D eigenvalue weighted by atomic mass is 16.5. The van der Waals surface area contributed by atoms with E-state index in [1.54, 1.807) is 0 Å². The fraction of sp³-hybridized carbons (Fsp3) is 0.364. The Kier molecular flexibility index (Phi) is 6.47. The van der Waals surface area contributed by atoms with Crippen LogP contribution in [0.5, 0.6) is 0 Å². The number of hydrogen-bond acceptors (Lipinski definition) is 3. The first-order valence-electron chi connectivity index (χ1n) is 9.45. The van der Waals surface area contributed by atoms with Crippen molar-refractivity contribution in [3.63, 3.8) is 0 Å². The number of aryl methyl sites for hydroxylation is 1. The molecule has 27 heavy (non-hydrogen) atoms. The van der Waals surface area contributed by atoms with Crippen molar-refractivity contribution >= 4 is 17.7 Å². The molecule has 0 radical (unpaired) electrons. The third kappa shape index (κ3) is 5.58. The van der Waals surface area contributed by atoms with Crippen molar-refractivity contribution in [3.05, 3.63) is 65.7 Å². The average molecular weight is 366 g/mol. The second kappa shape index (κ2) is 9.21. The van der Waals surface area contributed by atoms with Crippen molar-refractivity contribution in [1.82, 2.24) is 4.90 Å². The summed E-state index contributed by atoms with van der Waals surface area (Å²) in [6.07, 6.45) is 2.56. The van der Waals surface area contributed by atoms with Crippen molar-refractivity contribution in [3.8, 4) is 0 Å². The minimum Gasteiger partial charge on any atom is -0.466 e. The number of amides is 2. The van der Waals surface area contributed by atoms with Crippen LogP contribution in [-0.2, 0) is 16.0 Å². The minimum atomic E-state index is -0.254. The SMILES string of the molecule is CC(=O)OCCCc1cccc(NC(=O)N2CC[C@@H](c3ccccc3)C2)c1. The molecule has 0 aliphatic carbocycles. The van der Waals surface area contributed by atoms with Gasteiger partial charge in [-0.15, -0.1) is 0 Å². The second-order valence-electron chi connectivity index (χ2n) is 6.92. The molecule has 1 fully saturated rings. The lowest BCUT2D eigenvalue weighted by Crippen LogP contribution is -2.32. The molecular formula is C22H26N2O3. The van der Waals surface area contributed by atoms with E-state index in [2.05, 4.69) is 17.4 Å². The van der Waals surface area contributed by atoms with Crippen LogP contribution in [0.4, 0.5) is 10.5 Å². The molecule has 5 heteroatoms. The normalized spacial score (nSPS) is 16.2. The number of anilines is 1. The molecule has 1 heterocycles. The van der Waals surface area contributed by atoms with Gasteiger partial charge in [0.25, 0.3) is 0 Å². The summed E-state index contributed by atoms with van der Waals surface area (Å²) in [5, 5.41) is 3.01. The van der Waals surface area contributed by atoms with E-state index in [-0.39, 0.29) is 12.0 Å². The molecule has 0 spiro atoms. The van der Waals surface area contributed by atoms with Gasteiger partial charge in [0.1, 0.15) is 0 Å². The summed E-state index contributed by atoms with van der Waals surface area (Å²) in [6.45, 7) is 3.35. The lowest BCUT2D eigenvalue weighted by Gasteiger charge is -2.18. The van der Waals surface area contributed by atoms with E-state index in [1.807, 2.05) is 47.4 Å². The fourth-order valence-electron chi connectivity index (χ4n) is 3.44. The number of nitrogens with zero attached hydrogens (tertiary/aromatic N) is 1. The third-order valence-corrected chi connectivity index (χ3v) is 4.84. The number of hydrogen-bond donors (Lipinski definition) is 1. The maximum atomic E-state index is 12.6. The first-order valence-corrected chi connectivity index (χ1v) is 9.45. The van der Waals surface area contributed by atoms with Gasteiger partial charge in [0.05, 0.1) is 6.61 Å². The molecule has 1 aliphatic heterocycles. The first-order chi connectivity index (χ1) is 13.1. The number of likely N-dealkylation sites (tertiary alicyclic amines) is 1. The Morgan fingerprint density at radius 2 is 1.96 bits per heavy atom. The molecule has 1 atom stereocenters. The van der Waals surface area contributed by atoms with Crippen LogP contribution in [0.1, 0.15) is 36.8 Å². The average Bonchev–Trinajstić information content (AvgIpc) is 3.17. The molecule has 2 amide bonds. The van der Waals surface area contributed by atoms with Crippen LogP contribution < -0.4 is 5.32 Å². The lowest BCUT2D eigenvalue weighted by atomic mass is 9.99. The number of urea groups is 1. The van der Waals surface area contributed by atoms with Crippen LogP contribution in [-0.4, -0.2) is 36.6 Å². The predicted molar refractivity (Wildman–Crippen MR) is 106 cm³/mol. The van der Waals surface area contributed by atoms with Crippen LogP contribution in [0.25, 0.3) is 0 Å². The molecule has 2 aromatic carbocycles. The molecule has 2 aromatic rings. The van der Waals surface area contributed by atoms with Gasteiger partial charge in [-0.2, -0.15) is 0 Å². The molecule has 1 saturated heterocycles. The Balaban J connectivity index is 1.51. The lowest BCUT2D eigenvalue weighted by molar-refractivity contribution is -0.141. The quantitative estimate of drug-likeness (QED) is 0.616. The van der Waals surface area contributed by atoms with Crippen LogP contribution in [0.15, 0.2) is 54.6 Å². The van der Waals surface area contributed by atoms with Crippen molar-refractivity contribution < 1.29 is 14.3 Å². The second-order valence-corrected chi connectivity index (χ2v) is 6.92. The van der Waals surface area contributed by atoms with E-state index in [4.69, 9.17) is 4.74 Å². The molecule has 5 nitrogen and oxygen atoms in total. The van der Waals surface area contributed by atoms with Crippen LogP contribution in [0, 0.1) is 0 Å². The topological polar surface area (TPSA) is 58.6 Å². The Hall–Kier alpha value is -2.82. The summed E-state index contributed by atoms with van der Waals surface area (Å²) in [7, 11) is 0. The molecule has 1 aliphatic rings. The van der Waals surface area contributed by atoms with Crippen LogP contribution >= 0.6 is 0 Å². The van der Waals surface area contributed by atoms with Gasteiger partial charge in [-0.3, -0.25) is 4.79 Å². The van der Waals surface area contributed by atoms with Crippen molar-refractivity contribution in [2.45, 2.75) is 32.1 Å². The van der Waals surface area contributed by atoms with E-state index in [0.29, 0.717) is 12.5 Å². The number of ether oxygens (including phenoxy) is 1. The van der Waals surface area contributed by atoms with Gasteiger partial charge < -0.3 is 15.0 Å². The summed E-state index contributed by atoms with van der Waals surface area (Å²) >= 11 is 0. The highest BCUT2D eigenvalue weighted by Crippen LogP contribution is 2.27. The minimum absolute atomic E-state index is 0.0505. The number of carbonyl (C=O) groups excluding carboxylic acids is 2. The molecule has 1 N–H and O–H groups in total.